The molecule has 1 aliphatic heterocycles. The molecule has 0 bridgehead atoms. The van der Waals surface area contributed by atoms with Crippen molar-refractivity contribution in [1.82, 2.24) is 14.8 Å². The first-order valence-electron chi connectivity index (χ1n) is 9.72. The minimum absolute atomic E-state index is 0.221. The number of ether oxygens (including phenoxy) is 1. The molecule has 5 heteroatoms. The zero-order chi connectivity index (χ0) is 19.2. The lowest BCUT2D eigenvalue weighted by Gasteiger charge is -2.41. The molecule has 146 valence electrons. The monoisotopic (exact) mass is 369 g/mol. The van der Waals surface area contributed by atoms with E-state index in [1.165, 1.54) is 16.7 Å². The highest BCUT2D eigenvalue weighted by Gasteiger charge is 2.27. The van der Waals surface area contributed by atoms with Gasteiger partial charge in [0, 0.05) is 51.6 Å². The van der Waals surface area contributed by atoms with Crippen molar-refractivity contribution >= 4 is 0 Å². The lowest BCUT2D eigenvalue weighted by Crippen LogP contribution is -2.52. The summed E-state index contributed by atoms with van der Waals surface area (Å²) < 4.78 is 5.44. The third kappa shape index (κ3) is 4.86. The summed E-state index contributed by atoms with van der Waals surface area (Å²) in [6.07, 6.45) is 2.65. The van der Waals surface area contributed by atoms with E-state index in [1.54, 1.807) is 7.11 Å². The molecule has 0 spiro atoms. The molecular weight excluding hydrogens is 338 g/mol. The third-order valence-corrected chi connectivity index (χ3v) is 5.71. The molecule has 3 rings (SSSR count). The van der Waals surface area contributed by atoms with Gasteiger partial charge in [-0.2, -0.15) is 0 Å². The Hall–Kier alpha value is -1.95. The van der Waals surface area contributed by atoms with Gasteiger partial charge in [-0.1, -0.05) is 12.1 Å². The summed E-state index contributed by atoms with van der Waals surface area (Å²) >= 11 is 0. The van der Waals surface area contributed by atoms with Crippen LogP contribution in [0, 0.1) is 13.8 Å². The van der Waals surface area contributed by atoms with E-state index in [-0.39, 0.29) is 6.61 Å². The second-order valence-electron chi connectivity index (χ2n) is 7.37. The Morgan fingerprint density at radius 3 is 2.67 bits per heavy atom. The number of benzene rings is 1. The first-order valence-corrected chi connectivity index (χ1v) is 9.72. The number of aliphatic hydroxyl groups is 1. The van der Waals surface area contributed by atoms with Gasteiger partial charge in [-0.25, -0.2) is 0 Å². The summed E-state index contributed by atoms with van der Waals surface area (Å²) in [5.41, 5.74) is 4.96. The fraction of sp³-hybridized carbons (Fsp3) is 0.500. The van der Waals surface area contributed by atoms with Gasteiger partial charge in [0.05, 0.1) is 12.8 Å². The smallest absolute Gasteiger partial charge is 0.122 e. The second-order valence-corrected chi connectivity index (χ2v) is 7.37. The van der Waals surface area contributed by atoms with Crippen LogP contribution >= 0.6 is 0 Å². The van der Waals surface area contributed by atoms with Gasteiger partial charge in [0.2, 0.25) is 0 Å². The number of nitrogens with zero attached hydrogens (tertiary/aromatic N) is 3. The fourth-order valence-electron chi connectivity index (χ4n) is 3.92. The molecule has 5 nitrogen and oxygen atoms in total. The molecule has 1 saturated heterocycles. The predicted molar refractivity (Wildman–Crippen MR) is 108 cm³/mol. The normalized spacial score (nSPS) is 18.6. The molecule has 0 radical (unpaired) electrons. The van der Waals surface area contributed by atoms with Gasteiger partial charge in [0.25, 0.3) is 0 Å². The summed E-state index contributed by atoms with van der Waals surface area (Å²) in [6.45, 7) is 9.29. The van der Waals surface area contributed by atoms with Crippen molar-refractivity contribution in [2.24, 2.45) is 0 Å². The number of methoxy groups -OCH3 is 1. The Kier molecular flexibility index (Phi) is 6.83. The van der Waals surface area contributed by atoms with Gasteiger partial charge in [-0.3, -0.25) is 14.8 Å². The Morgan fingerprint density at radius 2 is 1.96 bits per heavy atom. The highest BCUT2D eigenvalue weighted by Crippen LogP contribution is 2.26. The molecule has 0 amide bonds. The highest BCUT2D eigenvalue weighted by molar-refractivity contribution is 5.43. The molecule has 1 aromatic carbocycles. The largest absolute Gasteiger partial charge is 0.496 e. The van der Waals surface area contributed by atoms with E-state index in [0.29, 0.717) is 6.04 Å². The van der Waals surface area contributed by atoms with Crippen LogP contribution in [-0.2, 0) is 13.1 Å². The maximum Gasteiger partial charge on any atom is 0.122 e. The van der Waals surface area contributed by atoms with Crippen LogP contribution in [0.4, 0.5) is 0 Å². The summed E-state index contributed by atoms with van der Waals surface area (Å²) in [5, 5.41) is 9.57. The number of hydrogen-bond acceptors (Lipinski definition) is 5. The fourth-order valence-corrected chi connectivity index (χ4v) is 3.92. The van der Waals surface area contributed by atoms with Gasteiger partial charge >= 0.3 is 0 Å². The van der Waals surface area contributed by atoms with Crippen LogP contribution in [0.5, 0.6) is 5.75 Å². The van der Waals surface area contributed by atoms with Gasteiger partial charge in [0.1, 0.15) is 5.75 Å². The minimum Gasteiger partial charge on any atom is -0.496 e. The summed E-state index contributed by atoms with van der Waals surface area (Å²) in [4.78, 5) is 9.41. The Bertz CT molecular complexity index is 736. The average molecular weight is 370 g/mol. The molecular formula is C22H31N3O2. The van der Waals surface area contributed by atoms with Gasteiger partial charge < -0.3 is 9.84 Å². The summed E-state index contributed by atoms with van der Waals surface area (Å²) in [5.74, 6) is 0.948. The van der Waals surface area contributed by atoms with Crippen molar-refractivity contribution in [1.29, 1.82) is 0 Å². The van der Waals surface area contributed by atoms with Crippen LogP contribution in [0.15, 0.2) is 36.5 Å². The number of aliphatic hydroxyl groups excluding tert-OH is 1. The van der Waals surface area contributed by atoms with E-state index in [9.17, 15) is 5.11 Å². The highest BCUT2D eigenvalue weighted by atomic mass is 16.5. The van der Waals surface area contributed by atoms with Crippen molar-refractivity contribution < 1.29 is 9.84 Å². The van der Waals surface area contributed by atoms with E-state index in [2.05, 4.69) is 46.8 Å². The van der Waals surface area contributed by atoms with Crippen LogP contribution in [0.1, 0.15) is 28.8 Å². The van der Waals surface area contributed by atoms with E-state index < -0.39 is 0 Å². The Morgan fingerprint density at radius 1 is 1.11 bits per heavy atom. The molecule has 1 aromatic heterocycles. The van der Waals surface area contributed by atoms with E-state index in [1.807, 2.05) is 18.3 Å². The van der Waals surface area contributed by atoms with Crippen LogP contribution in [0.2, 0.25) is 0 Å². The van der Waals surface area contributed by atoms with Crippen molar-refractivity contribution in [3.8, 4) is 5.75 Å². The van der Waals surface area contributed by atoms with Crippen molar-refractivity contribution in [3.63, 3.8) is 0 Å². The molecule has 0 saturated carbocycles. The van der Waals surface area contributed by atoms with Crippen LogP contribution in [-0.4, -0.2) is 59.3 Å². The Labute approximate surface area is 162 Å². The van der Waals surface area contributed by atoms with Crippen LogP contribution in [0.3, 0.4) is 0 Å². The quantitative estimate of drug-likeness (QED) is 0.813. The molecule has 1 atom stereocenters. The minimum atomic E-state index is 0.221. The molecule has 1 N–H and O–H groups in total. The topological polar surface area (TPSA) is 48.8 Å². The standard InChI is InChI=1S/C22H31N3O2/c1-17-18(2)22(27-3)8-7-19(17)14-25-12-11-24(16-21(25)9-13-26)15-20-6-4-5-10-23-20/h4-8,10,21,26H,9,11-16H2,1-3H3. The van der Waals surface area contributed by atoms with Crippen LogP contribution < -0.4 is 4.74 Å². The summed E-state index contributed by atoms with van der Waals surface area (Å²) in [6, 6.07) is 10.7. The maximum atomic E-state index is 9.57. The molecule has 2 heterocycles. The van der Waals surface area contributed by atoms with Crippen molar-refractivity contribution in [3.05, 3.63) is 58.9 Å². The Balaban J connectivity index is 1.68. The third-order valence-electron chi connectivity index (χ3n) is 5.71. The number of hydrogen-bond donors (Lipinski definition) is 1. The molecule has 1 unspecified atom stereocenters. The van der Waals surface area contributed by atoms with Gasteiger partial charge in [-0.15, -0.1) is 0 Å². The van der Waals surface area contributed by atoms with Gasteiger partial charge in [0.15, 0.2) is 0 Å². The predicted octanol–water partition coefficient (Wildman–Crippen LogP) is 2.78. The molecule has 1 aliphatic rings. The zero-order valence-corrected chi connectivity index (χ0v) is 16.7. The van der Waals surface area contributed by atoms with Crippen molar-refractivity contribution in [2.45, 2.75) is 39.4 Å². The lowest BCUT2D eigenvalue weighted by molar-refractivity contribution is 0.0492. The second kappa shape index (κ2) is 9.31. The number of piperazine rings is 1. The van der Waals surface area contributed by atoms with E-state index in [0.717, 1.165) is 50.6 Å². The number of pyridine rings is 1. The van der Waals surface area contributed by atoms with Crippen LogP contribution in [0.25, 0.3) is 0 Å². The summed E-state index contributed by atoms with van der Waals surface area (Å²) in [7, 11) is 1.72. The molecule has 0 aliphatic carbocycles. The van der Waals surface area contributed by atoms with E-state index >= 15 is 0 Å². The zero-order valence-electron chi connectivity index (χ0n) is 16.7. The lowest BCUT2D eigenvalue weighted by atomic mass is 10.00. The van der Waals surface area contributed by atoms with Crippen molar-refractivity contribution in [2.75, 3.05) is 33.4 Å². The first kappa shape index (κ1) is 19.8. The molecule has 1 fully saturated rings. The number of aromatic nitrogens is 1. The first-order chi connectivity index (χ1) is 13.1. The van der Waals surface area contributed by atoms with E-state index in [4.69, 9.17) is 4.74 Å². The average Bonchev–Trinajstić information content (AvgIpc) is 2.68. The molecule has 2 aromatic rings. The maximum absolute atomic E-state index is 9.57. The number of rotatable bonds is 7. The SMILES string of the molecule is COc1ccc(CN2CCN(Cc3ccccn3)CC2CCO)c(C)c1C. The molecule has 27 heavy (non-hydrogen) atoms. The van der Waals surface area contributed by atoms with Gasteiger partial charge in [-0.05, 0) is 55.2 Å².